The molecule has 1 heteroatoms. The normalized spacial score (nSPS) is 36.3. The van der Waals surface area contributed by atoms with E-state index >= 15 is 0 Å². The molecule has 2 atom stereocenters. The van der Waals surface area contributed by atoms with Crippen molar-refractivity contribution in [2.24, 2.45) is 11.3 Å². The summed E-state index contributed by atoms with van der Waals surface area (Å²) in [7, 11) is 0. The Hall–Kier alpha value is -0.300. The molecule has 0 saturated carbocycles. The molecule has 1 fully saturated rings. The van der Waals surface area contributed by atoms with Crippen molar-refractivity contribution in [2.45, 2.75) is 59.0 Å². The van der Waals surface area contributed by atoms with Crippen LogP contribution in [0.3, 0.4) is 0 Å². The molecule has 86 valence electrons. The average molecular weight is 208 g/mol. The Balaban J connectivity index is 2.17. The highest BCUT2D eigenvalue weighted by atomic mass is 16.5. The summed E-state index contributed by atoms with van der Waals surface area (Å²) < 4.78 is 5.89. The Kier molecular flexibility index (Phi) is 2.70. The molecule has 0 aromatic heterocycles. The van der Waals surface area contributed by atoms with E-state index in [4.69, 9.17) is 4.74 Å². The minimum absolute atomic E-state index is 0.160. The molecular formula is C14H24O. The van der Waals surface area contributed by atoms with Crippen LogP contribution in [-0.4, -0.2) is 12.2 Å². The van der Waals surface area contributed by atoms with Crippen LogP contribution in [-0.2, 0) is 4.74 Å². The summed E-state index contributed by atoms with van der Waals surface area (Å²) in [4.78, 5) is 0. The maximum atomic E-state index is 5.89. The molecule has 1 nitrogen and oxygen atoms in total. The van der Waals surface area contributed by atoms with Crippen LogP contribution in [0.4, 0.5) is 0 Å². The third-order valence-corrected chi connectivity index (χ3v) is 4.73. The fourth-order valence-electron chi connectivity index (χ4n) is 2.86. The molecule has 2 rings (SSSR count). The van der Waals surface area contributed by atoms with Gasteiger partial charge < -0.3 is 4.74 Å². The predicted octanol–water partition coefficient (Wildman–Crippen LogP) is 3.94. The Labute approximate surface area is 93.9 Å². The zero-order chi connectivity index (χ0) is 11.1. The van der Waals surface area contributed by atoms with Gasteiger partial charge in [0, 0.05) is 6.61 Å². The topological polar surface area (TPSA) is 9.23 Å². The van der Waals surface area contributed by atoms with Gasteiger partial charge in [0.15, 0.2) is 0 Å². The van der Waals surface area contributed by atoms with Gasteiger partial charge in [0.25, 0.3) is 0 Å². The summed E-state index contributed by atoms with van der Waals surface area (Å²) >= 11 is 0. The SMILES string of the molecule is CCC(C)(C)C1=CCC2(C)OCCC2C1. The Morgan fingerprint density at radius 2 is 2.27 bits per heavy atom. The van der Waals surface area contributed by atoms with Crippen LogP contribution in [0.2, 0.25) is 0 Å². The molecule has 0 spiro atoms. The molecule has 0 aromatic carbocycles. The predicted molar refractivity (Wildman–Crippen MR) is 63.9 cm³/mol. The van der Waals surface area contributed by atoms with E-state index in [9.17, 15) is 0 Å². The second-order valence-electron chi connectivity index (χ2n) is 6.02. The minimum Gasteiger partial charge on any atom is -0.375 e. The van der Waals surface area contributed by atoms with Crippen LogP contribution < -0.4 is 0 Å². The molecule has 1 saturated heterocycles. The quantitative estimate of drug-likeness (QED) is 0.625. The first-order chi connectivity index (χ1) is 6.98. The molecule has 1 aliphatic heterocycles. The first-order valence-corrected chi connectivity index (χ1v) is 6.31. The molecular weight excluding hydrogens is 184 g/mol. The van der Waals surface area contributed by atoms with Crippen LogP contribution in [0.1, 0.15) is 53.4 Å². The summed E-state index contributed by atoms with van der Waals surface area (Å²) in [6, 6.07) is 0. The first-order valence-electron chi connectivity index (χ1n) is 6.31. The lowest BCUT2D eigenvalue weighted by molar-refractivity contribution is -0.00852. The molecule has 0 aromatic rings. The van der Waals surface area contributed by atoms with E-state index in [0.717, 1.165) is 18.9 Å². The number of ether oxygens (including phenoxy) is 1. The van der Waals surface area contributed by atoms with E-state index in [0.29, 0.717) is 5.41 Å². The van der Waals surface area contributed by atoms with Crippen molar-refractivity contribution < 1.29 is 4.74 Å². The van der Waals surface area contributed by atoms with Crippen molar-refractivity contribution in [3.05, 3.63) is 11.6 Å². The van der Waals surface area contributed by atoms with Gasteiger partial charge in [-0.2, -0.15) is 0 Å². The van der Waals surface area contributed by atoms with E-state index < -0.39 is 0 Å². The van der Waals surface area contributed by atoms with Crippen LogP contribution in [0.25, 0.3) is 0 Å². The van der Waals surface area contributed by atoms with Crippen molar-refractivity contribution in [1.82, 2.24) is 0 Å². The minimum atomic E-state index is 0.160. The zero-order valence-corrected chi connectivity index (χ0v) is 10.6. The fourth-order valence-corrected chi connectivity index (χ4v) is 2.86. The summed E-state index contributed by atoms with van der Waals surface area (Å²) in [5, 5.41) is 0. The average Bonchev–Trinajstić information content (AvgIpc) is 2.58. The maximum Gasteiger partial charge on any atom is 0.0720 e. The fraction of sp³-hybridized carbons (Fsp3) is 0.857. The summed E-state index contributed by atoms with van der Waals surface area (Å²) in [5.41, 5.74) is 2.22. The number of hydrogen-bond donors (Lipinski definition) is 0. The number of rotatable bonds is 2. The summed E-state index contributed by atoms with van der Waals surface area (Å²) in [5.74, 6) is 0.767. The standard InChI is InChI=1S/C14H24O/c1-5-13(2,3)11-6-8-14(4)12(10-11)7-9-15-14/h6,12H,5,7-10H2,1-4H3. The molecule has 2 unspecified atom stereocenters. The van der Waals surface area contributed by atoms with Gasteiger partial charge in [-0.05, 0) is 43.9 Å². The lowest BCUT2D eigenvalue weighted by atomic mass is 9.69. The third kappa shape index (κ3) is 1.87. The van der Waals surface area contributed by atoms with Gasteiger partial charge in [0.2, 0.25) is 0 Å². The lowest BCUT2D eigenvalue weighted by Crippen LogP contribution is -2.35. The largest absolute Gasteiger partial charge is 0.375 e. The van der Waals surface area contributed by atoms with Crippen LogP contribution in [0.5, 0.6) is 0 Å². The number of hydrogen-bond acceptors (Lipinski definition) is 1. The Morgan fingerprint density at radius 1 is 1.53 bits per heavy atom. The highest BCUT2D eigenvalue weighted by Crippen LogP contribution is 2.47. The Morgan fingerprint density at radius 3 is 2.93 bits per heavy atom. The molecule has 0 N–H and O–H groups in total. The van der Waals surface area contributed by atoms with E-state index in [1.165, 1.54) is 19.3 Å². The lowest BCUT2D eigenvalue weighted by Gasteiger charge is -2.39. The van der Waals surface area contributed by atoms with E-state index in [1.54, 1.807) is 5.57 Å². The monoisotopic (exact) mass is 208 g/mol. The van der Waals surface area contributed by atoms with Crippen molar-refractivity contribution in [1.29, 1.82) is 0 Å². The van der Waals surface area contributed by atoms with E-state index in [-0.39, 0.29) is 5.60 Å². The van der Waals surface area contributed by atoms with Gasteiger partial charge in [-0.3, -0.25) is 0 Å². The second-order valence-corrected chi connectivity index (χ2v) is 6.02. The molecule has 15 heavy (non-hydrogen) atoms. The molecule has 0 bridgehead atoms. The highest BCUT2D eigenvalue weighted by Gasteiger charge is 2.43. The molecule has 1 heterocycles. The van der Waals surface area contributed by atoms with Gasteiger partial charge in [-0.25, -0.2) is 0 Å². The summed E-state index contributed by atoms with van der Waals surface area (Å²) in [6.45, 7) is 10.3. The zero-order valence-electron chi connectivity index (χ0n) is 10.6. The maximum absolute atomic E-state index is 5.89. The van der Waals surface area contributed by atoms with Gasteiger partial charge in [-0.15, -0.1) is 0 Å². The smallest absolute Gasteiger partial charge is 0.0720 e. The second kappa shape index (κ2) is 3.62. The number of allylic oxidation sites excluding steroid dienone is 1. The van der Waals surface area contributed by atoms with Gasteiger partial charge >= 0.3 is 0 Å². The van der Waals surface area contributed by atoms with Gasteiger partial charge in [-0.1, -0.05) is 32.4 Å². The van der Waals surface area contributed by atoms with E-state index in [2.05, 4.69) is 33.8 Å². The first kappa shape index (κ1) is 11.2. The molecule has 0 amide bonds. The number of fused-ring (bicyclic) bond motifs is 1. The van der Waals surface area contributed by atoms with Crippen LogP contribution >= 0.6 is 0 Å². The van der Waals surface area contributed by atoms with Crippen LogP contribution in [0, 0.1) is 11.3 Å². The van der Waals surface area contributed by atoms with Crippen molar-refractivity contribution in [3.63, 3.8) is 0 Å². The Bertz CT molecular complexity index is 277. The molecule has 2 aliphatic rings. The highest BCUT2D eigenvalue weighted by molar-refractivity contribution is 5.20. The summed E-state index contributed by atoms with van der Waals surface area (Å²) in [6.07, 6.45) is 7.33. The third-order valence-electron chi connectivity index (χ3n) is 4.73. The molecule has 0 radical (unpaired) electrons. The van der Waals surface area contributed by atoms with Crippen molar-refractivity contribution in [3.8, 4) is 0 Å². The van der Waals surface area contributed by atoms with Gasteiger partial charge in [0.05, 0.1) is 5.60 Å². The van der Waals surface area contributed by atoms with Crippen LogP contribution in [0.15, 0.2) is 11.6 Å². The van der Waals surface area contributed by atoms with E-state index in [1.807, 2.05) is 0 Å². The van der Waals surface area contributed by atoms with Crippen molar-refractivity contribution in [2.75, 3.05) is 6.61 Å². The van der Waals surface area contributed by atoms with Crippen molar-refractivity contribution >= 4 is 0 Å². The van der Waals surface area contributed by atoms with Gasteiger partial charge in [0.1, 0.15) is 0 Å². The molecule has 1 aliphatic carbocycles.